The van der Waals surface area contributed by atoms with Crippen molar-refractivity contribution in [3.63, 3.8) is 0 Å². The Labute approximate surface area is 139 Å². The van der Waals surface area contributed by atoms with Gasteiger partial charge in [0.05, 0.1) is 6.04 Å². The van der Waals surface area contributed by atoms with E-state index in [0.717, 1.165) is 31.2 Å². The van der Waals surface area contributed by atoms with Gasteiger partial charge in [0.25, 0.3) is 0 Å². The number of fused-ring (bicyclic) bond motifs is 1. The molecule has 2 heterocycles. The largest absolute Gasteiger partial charge is 0.440 e. The zero-order valence-electron chi connectivity index (χ0n) is 13.3. The molecular weight excluding hydrogens is 306 g/mol. The van der Waals surface area contributed by atoms with Crippen LogP contribution in [0.2, 0.25) is 0 Å². The zero-order chi connectivity index (χ0) is 16.4. The molecule has 0 aliphatic heterocycles. The van der Waals surface area contributed by atoms with Crippen molar-refractivity contribution in [3.8, 4) is 0 Å². The Morgan fingerprint density at radius 1 is 1.25 bits per heavy atom. The van der Waals surface area contributed by atoms with Gasteiger partial charge >= 0.3 is 0 Å². The number of hydrogen-bond donors (Lipinski definition) is 1. The SMILES string of the molecule is O=C(Cc1nc2ccccc2o1)NC1CCC(n2cncn2)CC1. The van der Waals surface area contributed by atoms with Crippen LogP contribution in [-0.2, 0) is 11.2 Å². The van der Waals surface area contributed by atoms with Crippen LogP contribution in [0.3, 0.4) is 0 Å². The molecule has 4 rings (SSSR count). The number of benzene rings is 1. The van der Waals surface area contributed by atoms with Crippen molar-refractivity contribution in [2.75, 3.05) is 0 Å². The molecule has 1 aromatic carbocycles. The number of carbonyl (C=O) groups is 1. The summed E-state index contributed by atoms with van der Waals surface area (Å²) in [6.07, 6.45) is 7.39. The lowest BCUT2D eigenvalue weighted by Gasteiger charge is -2.28. The Kier molecular flexibility index (Phi) is 3.98. The summed E-state index contributed by atoms with van der Waals surface area (Å²) in [6, 6.07) is 8.13. The normalized spacial score (nSPS) is 21.0. The summed E-state index contributed by atoms with van der Waals surface area (Å²) < 4.78 is 7.52. The van der Waals surface area contributed by atoms with Crippen LogP contribution >= 0.6 is 0 Å². The van der Waals surface area contributed by atoms with Crippen molar-refractivity contribution in [1.82, 2.24) is 25.1 Å². The number of amides is 1. The summed E-state index contributed by atoms with van der Waals surface area (Å²) in [5.41, 5.74) is 1.50. The van der Waals surface area contributed by atoms with Crippen LogP contribution in [-0.4, -0.2) is 31.7 Å². The van der Waals surface area contributed by atoms with Crippen LogP contribution < -0.4 is 5.32 Å². The Balaban J connectivity index is 1.30. The van der Waals surface area contributed by atoms with Gasteiger partial charge in [-0.3, -0.25) is 4.79 Å². The number of nitrogens with one attached hydrogen (secondary N) is 1. The first kappa shape index (κ1) is 14.9. The molecule has 0 unspecified atom stereocenters. The average molecular weight is 325 g/mol. The molecule has 1 aliphatic carbocycles. The fraction of sp³-hybridized carbons (Fsp3) is 0.412. The maximum absolute atomic E-state index is 12.2. The molecular formula is C17H19N5O2. The maximum atomic E-state index is 12.2. The highest BCUT2D eigenvalue weighted by atomic mass is 16.3. The molecule has 0 saturated heterocycles. The topological polar surface area (TPSA) is 85.8 Å². The first-order valence-corrected chi connectivity index (χ1v) is 8.26. The molecule has 2 aromatic heterocycles. The number of para-hydroxylation sites is 2. The lowest BCUT2D eigenvalue weighted by molar-refractivity contribution is -0.121. The van der Waals surface area contributed by atoms with Crippen molar-refractivity contribution >= 4 is 17.0 Å². The highest BCUT2D eigenvalue weighted by Gasteiger charge is 2.24. The van der Waals surface area contributed by atoms with Crippen molar-refractivity contribution in [2.24, 2.45) is 0 Å². The number of carbonyl (C=O) groups excluding carboxylic acids is 1. The molecule has 1 aliphatic rings. The van der Waals surface area contributed by atoms with Crippen molar-refractivity contribution in [1.29, 1.82) is 0 Å². The fourth-order valence-corrected chi connectivity index (χ4v) is 3.30. The van der Waals surface area contributed by atoms with Crippen LogP contribution in [0.15, 0.2) is 41.3 Å². The quantitative estimate of drug-likeness (QED) is 0.795. The Bertz CT molecular complexity index is 786. The minimum absolute atomic E-state index is 0.0363. The fourth-order valence-electron chi connectivity index (χ4n) is 3.30. The van der Waals surface area contributed by atoms with Crippen LogP contribution in [0.5, 0.6) is 0 Å². The van der Waals surface area contributed by atoms with Crippen LogP contribution in [0.1, 0.15) is 37.6 Å². The number of rotatable bonds is 4. The molecule has 1 amide bonds. The molecule has 0 radical (unpaired) electrons. The van der Waals surface area contributed by atoms with Crippen LogP contribution in [0, 0.1) is 0 Å². The predicted molar refractivity (Wildman–Crippen MR) is 87.2 cm³/mol. The maximum Gasteiger partial charge on any atom is 0.229 e. The minimum Gasteiger partial charge on any atom is -0.440 e. The first-order chi connectivity index (χ1) is 11.8. The van der Waals surface area contributed by atoms with Crippen molar-refractivity contribution in [2.45, 2.75) is 44.2 Å². The summed E-state index contributed by atoms with van der Waals surface area (Å²) in [4.78, 5) is 20.6. The first-order valence-electron chi connectivity index (χ1n) is 8.26. The van der Waals surface area contributed by atoms with Gasteiger partial charge in [-0.25, -0.2) is 14.6 Å². The molecule has 7 nitrogen and oxygen atoms in total. The van der Waals surface area contributed by atoms with Gasteiger partial charge in [-0.05, 0) is 37.8 Å². The van der Waals surface area contributed by atoms with Gasteiger partial charge in [0.2, 0.25) is 11.8 Å². The number of nitrogens with zero attached hydrogens (tertiary/aromatic N) is 4. The van der Waals surface area contributed by atoms with E-state index in [1.165, 1.54) is 0 Å². The van der Waals surface area contributed by atoms with E-state index in [1.807, 2.05) is 28.9 Å². The summed E-state index contributed by atoms with van der Waals surface area (Å²) in [7, 11) is 0. The second-order valence-electron chi connectivity index (χ2n) is 6.20. The number of oxazole rings is 1. The van der Waals surface area contributed by atoms with E-state index in [9.17, 15) is 4.79 Å². The predicted octanol–water partition coefficient (Wildman–Crippen LogP) is 2.26. The van der Waals surface area contributed by atoms with Gasteiger partial charge in [-0.2, -0.15) is 5.10 Å². The molecule has 1 N–H and O–H groups in total. The molecule has 1 saturated carbocycles. The van der Waals surface area contributed by atoms with E-state index < -0.39 is 0 Å². The highest BCUT2D eigenvalue weighted by Crippen LogP contribution is 2.27. The Morgan fingerprint density at radius 3 is 2.83 bits per heavy atom. The second-order valence-corrected chi connectivity index (χ2v) is 6.20. The third-order valence-electron chi connectivity index (χ3n) is 4.52. The summed E-state index contributed by atoms with van der Waals surface area (Å²) in [5.74, 6) is 0.427. The van der Waals surface area contributed by atoms with E-state index in [2.05, 4.69) is 20.4 Å². The Hall–Kier alpha value is -2.70. The molecule has 124 valence electrons. The van der Waals surface area contributed by atoms with Crippen molar-refractivity contribution in [3.05, 3.63) is 42.8 Å². The Morgan fingerprint density at radius 2 is 2.08 bits per heavy atom. The van der Waals surface area contributed by atoms with Gasteiger partial charge in [-0.15, -0.1) is 0 Å². The third kappa shape index (κ3) is 3.15. The van der Waals surface area contributed by atoms with E-state index in [4.69, 9.17) is 4.42 Å². The third-order valence-corrected chi connectivity index (χ3v) is 4.52. The second kappa shape index (κ2) is 6.43. The molecule has 0 atom stereocenters. The van der Waals surface area contributed by atoms with E-state index in [0.29, 0.717) is 17.5 Å². The minimum atomic E-state index is -0.0363. The van der Waals surface area contributed by atoms with Crippen molar-refractivity contribution < 1.29 is 9.21 Å². The standard InChI is InChI=1S/C17H19N5O2/c23-16(9-17-21-14-3-1-2-4-15(14)24-17)20-12-5-7-13(8-6-12)22-11-18-10-19-22/h1-4,10-13H,5-9H2,(H,20,23). The highest BCUT2D eigenvalue weighted by molar-refractivity contribution is 5.79. The molecule has 0 bridgehead atoms. The smallest absolute Gasteiger partial charge is 0.229 e. The lowest BCUT2D eigenvalue weighted by Crippen LogP contribution is -2.38. The van der Waals surface area contributed by atoms with Gasteiger partial charge in [0.1, 0.15) is 24.6 Å². The van der Waals surface area contributed by atoms with Gasteiger partial charge in [0, 0.05) is 6.04 Å². The molecule has 0 spiro atoms. The lowest BCUT2D eigenvalue weighted by atomic mass is 9.91. The molecule has 3 aromatic rings. The number of hydrogen-bond acceptors (Lipinski definition) is 5. The van der Waals surface area contributed by atoms with Crippen LogP contribution in [0.25, 0.3) is 11.1 Å². The number of aromatic nitrogens is 4. The summed E-state index contributed by atoms with van der Waals surface area (Å²) in [6.45, 7) is 0. The van der Waals surface area contributed by atoms with E-state index in [-0.39, 0.29) is 18.4 Å². The monoisotopic (exact) mass is 325 g/mol. The molecule has 1 fully saturated rings. The van der Waals surface area contributed by atoms with E-state index in [1.54, 1.807) is 12.7 Å². The molecule has 7 heteroatoms. The van der Waals surface area contributed by atoms with Gasteiger partial charge in [-0.1, -0.05) is 12.1 Å². The van der Waals surface area contributed by atoms with E-state index >= 15 is 0 Å². The summed E-state index contributed by atoms with van der Waals surface area (Å²) >= 11 is 0. The zero-order valence-corrected chi connectivity index (χ0v) is 13.3. The molecule has 24 heavy (non-hydrogen) atoms. The van der Waals surface area contributed by atoms with Gasteiger partial charge in [0.15, 0.2) is 5.58 Å². The summed E-state index contributed by atoms with van der Waals surface area (Å²) in [5, 5.41) is 7.29. The van der Waals surface area contributed by atoms with Gasteiger partial charge < -0.3 is 9.73 Å². The average Bonchev–Trinajstić information content (AvgIpc) is 3.24. The van der Waals surface area contributed by atoms with Crippen LogP contribution in [0.4, 0.5) is 0 Å².